The third kappa shape index (κ3) is 2.91. The second kappa shape index (κ2) is 5.23. The van der Waals surface area contributed by atoms with Gasteiger partial charge in [0, 0.05) is 24.8 Å². The minimum Gasteiger partial charge on any atom is -0.335 e. The molecule has 0 radical (unpaired) electrons. The number of carbonyl (C=O) groups is 1. The fourth-order valence-electron chi connectivity index (χ4n) is 2.24. The largest absolute Gasteiger partial charge is 0.335 e. The van der Waals surface area contributed by atoms with Gasteiger partial charge in [-0.2, -0.15) is 5.10 Å². The molecule has 1 aliphatic rings. The van der Waals surface area contributed by atoms with Crippen molar-refractivity contribution in [1.29, 1.82) is 0 Å². The summed E-state index contributed by atoms with van der Waals surface area (Å²) in [5.41, 5.74) is 2.20. The smallest absolute Gasteiger partial charge is 0.317 e. The second-order valence-electron chi connectivity index (χ2n) is 5.91. The summed E-state index contributed by atoms with van der Waals surface area (Å²) in [4.78, 5) is 13.8. The zero-order valence-corrected chi connectivity index (χ0v) is 12.5. The maximum Gasteiger partial charge on any atom is 0.317 e. The van der Waals surface area contributed by atoms with E-state index in [-0.39, 0.29) is 12.1 Å². The summed E-state index contributed by atoms with van der Waals surface area (Å²) in [6, 6.07) is 2.65. The Hall–Kier alpha value is -1.52. The van der Waals surface area contributed by atoms with Crippen LogP contribution in [0.5, 0.6) is 0 Å². The molecule has 2 rings (SSSR count). The number of rotatable bonds is 3. The molecule has 0 aromatic carbocycles. The highest BCUT2D eigenvalue weighted by Crippen LogP contribution is 2.22. The molecule has 1 unspecified atom stereocenters. The predicted molar refractivity (Wildman–Crippen MR) is 75.1 cm³/mol. The van der Waals surface area contributed by atoms with Crippen LogP contribution in [0.2, 0.25) is 0 Å². The number of likely N-dealkylation sites (tertiary alicyclic amines) is 1. The first-order valence-corrected chi connectivity index (χ1v) is 6.96. The lowest BCUT2D eigenvalue weighted by Crippen LogP contribution is -2.56. The standard InChI is InChI=1S/C14H24N4O/c1-9(2)12(5)15-14(19)17-7-13(8-17)18-11(4)6-10(3)16-18/h6,9,12-13H,7-8H2,1-5H3,(H,15,19). The van der Waals surface area contributed by atoms with E-state index in [0.29, 0.717) is 12.0 Å². The average Bonchev–Trinajstić information content (AvgIpc) is 2.55. The normalized spacial score (nSPS) is 17.5. The molecule has 2 heterocycles. The van der Waals surface area contributed by atoms with Gasteiger partial charge in [0.25, 0.3) is 0 Å². The predicted octanol–water partition coefficient (Wildman–Crippen LogP) is 2.11. The van der Waals surface area contributed by atoms with Crippen LogP contribution in [0, 0.1) is 19.8 Å². The molecule has 106 valence electrons. The Morgan fingerprint density at radius 1 is 1.37 bits per heavy atom. The van der Waals surface area contributed by atoms with Crippen LogP contribution in [0.15, 0.2) is 6.07 Å². The minimum atomic E-state index is 0.0407. The van der Waals surface area contributed by atoms with E-state index in [0.717, 1.165) is 24.5 Å². The van der Waals surface area contributed by atoms with Crippen molar-refractivity contribution in [2.45, 2.75) is 46.7 Å². The van der Waals surface area contributed by atoms with E-state index < -0.39 is 0 Å². The molecule has 0 bridgehead atoms. The van der Waals surface area contributed by atoms with Crippen molar-refractivity contribution in [3.63, 3.8) is 0 Å². The van der Waals surface area contributed by atoms with E-state index in [1.165, 1.54) is 0 Å². The summed E-state index contributed by atoms with van der Waals surface area (Å²) in [5.74, 6) is 0.456. The van der Waals surface area contributed by atoms with Crippen molar-refractivity contribution in [2.75, 3.05) is 13.1 Å². The van der Waals surface area contributed by atoms with Crippen molar-refractivity contribution in [3.8, 4) is 0 Å². The van der Waals surface area contributed by atoms with Gasteiger partial charge in [-0.3, -0.25) is 4.68 Å². The quantitative estimate of drug-likeness (QED) is 0.909. The van der Waals surface area contributed by atoms with E-state index in [2.05, 4.69) is 37.3 Å². The van der Waals surface area contributed by atoms with Gasteiger partial charge in [-0.25, -0.2) is 4.79 Å². The fraction of sp³-hybridized carbons (Fsp3) is 0.714. The summed E-state index contributed by atoms with van der Waals surface area (Å²) in [6.07, 6.45) is 0. The molecule has 2 amide bonds. The minimum absolute atomic E-state index is 0.0407. The van der Waals surface area contributed by atoms with E-state index in [4.69, 9.17) is 0 Å². The second-order valence-corrected chi connectivity index (χ2v) is 5.91. The number of nitrogens with one attached hydrogen (secondary N) is 1. The number of carbonyl (C=O) groups excluding carboxylic acids is 1. The van der Waals surface area contributed by atoms with Crippen LogP contribution in [0.25, 0.3) is 0 Å². The van der Waals surface area contributed by atoms with Crippen molar-refractivity contribution in [1.82, 2.24) is 20.0 Å². The molecular weight excluding hydrogens is 240 g/mol. The molecule has 1 N–H and O–H groups in total. The number of aryl methyl sites for hydroxylation is 2. The lowest BCUT2D eigenvalue weighted by Gasteiger charge is -2.40. The summed E-state index contributed by atoms with van der Waals surface area (Å²) < 4.78 is 2.03. The molecule has 0 saturated carbocycles. The zero-order valence-electron chi connectivity index (χ0n) is 12.5. The monoisotopic (exact) mass is 264 g/mol. The molecule has 1 fully saturated rings. The van der Waals surface area contributed by atoms with Crippen LogP contribution in [-0.4, -0.2) is 39.8 Å². The van der Waals surface area contributed by atoms with Gasteiger partial charge in [-0.1, -0.05) is 13.8 Å². The number of urea groups is 1. The molecule has 5 nitrogen and oxygen atoms in total. The van der Waals surface area contributed by atoms with Crippen molar-refractivity contribution >= 4 is 6.03 Å². The first-order valence-electron chi connectivity index (χ1n) is 6.96. The third-order valence-electron chi connectivity index (χ3n) is 3.89. The molecule has 1 aromatic heterocycles. The number of nitrogens with zero attached hydrogens (tertiary/aromatic N) is 3. The fourth-order valence-corrected chi connectivity index (χ4v) is 2.24. The van der Waals surface area contributed by atoms with Gasteiger partial charge in [0.05, 0.1) is 11.7 Å². The third-order valence-corrected chi connectivity index (χ3v) is 3.89. The van der Waals surface area contributed by atoms with Crippen LogP contribution in [0.1, 0.15) is 38.2 Å². The molecule has 1 saturated heterocycles. The Labute approximate surface area is 115 Å². The lowest BCUT2D eigenvalue weighted by molar-refractivity contribution is 0.114. The maximum atomic E-state index is 12.0. The highest BCUT2D eigenvalue weighted by atomic mass is 16.2. The van der Waals surface area contributed by atoms with Crippen LogP contribution in [-0.2, 0) is 0 Å². The van der Waals surface area contributed by atoms with E-state index in [1.54, 1.807) is 0 Å². The van der Waals surface area contributed by atoms with Crippen molar-refractivity contribution in [2.24, 2.45) is 5.92 Å². The van der Waals surface area contributed by atoms with Crippen LogP contribution in [0.4, 0.5) is 4.79 Å². The van der Waals surface area contributed by atoms with Gasteiger partial charge in [0.15, 0.2) is 0 Å². The zero-order chi connectivity index (χ0) is 14.2. The van der Waals surface area contributed by atoms with Crippen LogP contribution in [0.3, 0.4) is 0 Å². The molecule has 5 heteroatoms. The van der Waals surface area contributed by atoms with Gasteiger partial charge in [-0.05, 0) is 32.8 Å². The van der Waals surface area contributed by atoms with Gasteiger partial charge in [0.2, 0.25) is 0 Å². The van der Waals surface area contributed by atoms with E-state index in [9.17, 15) is 4.79 Å². The first kappa shape index (κ1) is 13.9. The molecule has 1 aliphatic heterocycles. The Bertz CT molecular complexity index is 460. The van der Waals surface area contributed by atoms with Gasteiger partial charge in [0.1, 0.15) is 0 Å². The highest BCUT2D eigenvalue weighted by Gasteiger charge is 2.33. The summed E-state index contributed by atoms with van der Waals surface area (Å²) in [5, 5.41) is 7.50. The number of hydrogen-bond donors (Lipinski definition) is 1. The molecule has 19 heavy (non-hydrogen) atoms. The topological polar surface area (TPSA) is 50.2 Å². The Morgan fingerprint density at radius 2 is 2.00 bits per heavy atom. The lowest BCUT2D eigenvalue weighted by atomic mass is 10.1. The Morgan fingerprint density at radius 3 is 2.47 bits per heavy atom. The summed E-state index contributed by atoms with van der Waals surface area (Å²) in [7, 11) is 0. The van der Waals surface area contributed by atoms with E-state index in [1.807, 2.05) is 23.4 Å². The first-order chi connectivity index (χ1) is 8.88. The average molecular weight is 264 g/mol. The van der Waals surface area contributed by atoms with Gasteiger partial charge >= 0.3 is 6.03 Å². The van der Waals surface area contributed by atoms with Gasteiger partial charge < -0.3 is 10.2 Å². The molecule has 0 aliphatic carbocycles. The number of aromatic nitrogens is 2. The number of hydrogen-bond acceptors (Lipinski definition) is 2. The maximum absolute atomic E-state index is 12.0. The van der Waals surface area contributed by atoms with Crippen molar-refractivity contribution < 1.29 is 4.79 Å². The molecule has 0 spiro atoms. The summed E-state index contributed by atoms with van der Waals surface area (Å²) >= 11 is 0. The van der Waals surface area contributed by atoms with Crippen molar-refractivity contribution in [3.05, 3.63) is 17.5 Å². The number of amides is 2. The van der Waals surface area contributed by atoms with Crippen LogP contribution >= 0.6 is 0 Å². The Kier molecular flexibility index (Phi) is 3.83. The van der Waals surface area contributed by atoms with Gasteiger partial charge in [-0.15, -0.1) is 0 Å². The molecule has 1 aromatic rings. The van der Waals surface area contributed by atoms with Crippen LogP contribution < -0.4 is 5.32 Å². The SMILES string of the molecule is Cc1cc(C)n(C2CN(C(=O)NC(C)C(C)C)C2)n1. The van der Waals surface area contributed by atoms with E-state index >= 15 is 0 Å². The summed E-state index contributed by atoms with van der Waals surface area (Å²) in [6.45, 7) is 11.8. The molecular formula is C14H24N4O. The Balaban J connectivity index is 1.86. The highest BCUT2D eigenvalue weighted by molar-refractivity contribution is 5.75. The molecule has 1 atom stereocenters.